The minimum Gasteiger partial charge on any atom is -0.346 e. The van der Waals surface area contributed by atoms with Crippen molar-refractivity contribution in [3.05, 3.63) is 30.2 Å². The van der Waals surface area contributed by atoms with E-state index in [9.17, 15) is 4.79 Å². The molecule has 2 aromatic rings. The third-order valence-electron chi connectivity index (χ3n) is 4.85. The molecule has 1 saturated carbocycles. The van der Waals surface area contributed by atoms with Gasteiger partial charge < -0.3 is 5.32 Å². The highest BCUT2D eigenvalue weighted by Crippen LogP contribution is 2.28. The van der Waals surface area contributed by atoms with Crippen molar-refractivity contribution in [1.29, 1.82) is 0 Å². The van der Waals surface area contributed by atoms with Crippen LogP contribution in [0.3, 0.4) is 0 Å². The van der Waals surface area contributed by atoms with Crippen LogP contribution in [0.5, 0.6) is 0 Å². The molecule has 1 fully saturated rings. The monoisotopic (exact) mass is 346 g/mol. The Balaban J connectivity index is 1.65. The third-order valence-corrected chi connectivity index (χ3v) is 5.50. The van der Waals surface area contributed by atoms with Crippen LogP contribution in [0.4, 0.5) is 0 Å². The molecule has 0 radical (unpaired) electrons. The van der Waals surface area contributed by atoms with Crippen LogP contribution >= 0.6 is 11.8 Å². The maximum absolute atomic E-state index is 12.4. The van der Waals surface area contributed by atoms with Crippen molar-refractivity contribution in [3.8, 4) is 0 Å². The normalized spacial score (nSPS) is 16.5. The van der Waals surface area contributed by atoms with Crippen molar-refractivity contribution in [3.63, 3.8) is 0 Å². The van der Waals surface area contributed by atoms with Gasteiger partial charge in [0.05, 0.1) is 6.04 Å². The van der Waals surface area contributed by atoms with Crippen LogP contribution in [0, 0.1) is 5.92 Å². The van der Waals surface area contributed by atoms with Gasteiger partial charge in [0.15, 0.2) is 11.5 Å². The van der Waals surface area contributed by atoms with Crippen LogP contribution in [-0.2, 0) is 4.79 Å². The minimum absolute atomic E-state index is 0.0778. The van der Waals surface area contributed by atoms with E-state index in [1.807, 2.05) is 28.8 Å². The molecule has 1 aliphatic rings. The molecular weight excluding hydrogens is 320 g/mol. The van der Waals surface area contributed by atoms with E-state index in [0.29, 0.717) is 6.42 Å². The molecule has 5 nitrogen and oxygen atoms in total. The summed E-state index contributed by atoms with van der Waals surface area (Å²) in [5.41, 5.74) is 0.821. The molecule has 1 amide bonds. The van der Waals surface area contributed by atoms with Gasteiger partial charge in [-0.3, -0.25) is 9.20 Å². The van der Waals surface area contributed by atoms with Gasteiger partial charge >= 0.3 is 0 Å². The number of hydrogen-bond acceptors (Lipinski definition) is 4. The molecule has 0 aromatic carbocycles. The molecular formula is C18H26N4OS. The molecule has 6 heteroatoms. The SMILES string of the molecule is CSCCC(NC(=O)CCC1CCCC1)c1nnc2ccccn12. The van der Waals surface area contributed by atoms with E-state index in [-0.39, 0.29) is 11.9 Å². The van der Waals surface area contributed by atoms with Crippen molar-refractivity contribution < 1.29 is 4.79 Å². The maximum atomic E-state index is 12.4. The highest BCUT2D eigenvalue weighted by Gasteiger charge is 2.21. The second kappa shape index (κ2) is 8.51. The Morgan fingerprint density at radius 2 is 2.21 bits per heavy atom. The summed E-state index contributed by atoms with van der Waals surface area (Å²) in [6, 6.07) is 5.77. The predicted octanol–water partition coefficient (Wildman–Crippen LogP) is 3.61. The predicted molar refractivity (Wildman–Crippen MR) is 98.1 cm³/mol. The number of carbonyl (C=O) groups is 1. The summed E-state index contributed by atoms with van der Waals surface area (Å²) in [5, 5.41) is 11.7. The van der Waals surface area contributed by atoms with Crippen LogP contribution in [0.2, 0.25) is 0 Å². The number of rotatable bonds is 8. The minimum atomic E-state index is -0.0778. The summed E-state index contributed by atoms with van der Waals surface area (Å²) < 4.78 is 1.97. The Morgan fingerprint density at radius 3 is 3.00 bits per heavy atom. The number of hydrogen-bond donors (Lipinski definition) is 1. The molecule has 0 saturated heterocycles. The van der Waals surface area contributed by atoms with Gasteiger partial charge in [-0.25, -0.2) is 0 Å². The van der Waals surface area contributed by atoms with Crippen LogP contribution < -0.4 is 5.32 Å². The molecule has 2 aromatic heterocycles. The van der Waals surface area contributed by atoms with Crippen molar-refractivity contribution in [2.24, 2.45) is 5.92 Å². The maximum Gasteiger partial charge on any atom is 0.220 e. The largest absolute Gasteiger partial charge is 0.346 e. The van der Waals surface area contributed by atoms with Gasteiger partial charge in [0.25, 0.3) is 0 Å². The Hall–Kier alpha value is -1.56. The average Bonchev–Trinajstić information content (AvgIpc) is 3.26. The first-order chi connectivity index (χ1) is 11.8. The number of aromatic nitrogens is 3. The molecule has 1 atom stereocenters. The van der Waals surface area contributed by atoms with Crippen molar-refractivity contribution in [1.82, 2.24) is 19.9 Å². The lowest BCUT2D eigenvalue weighted by Gasteiger charge is -2.17. The zero-order chi connectivity index (χ0) is 16.8. The Labute approximate surface area is 147 Å². The first-order valence-electron chi connectivity index (χ1n) is 8.86. The smallest absolute Gasteiger partial charge is 0.220 e. The Bertz CT molecular complexity index is 666. The topological polar surface area (TPSA) is 59.3 Å². The molecule has 0 spiro atoms. The van der Waals surface area contributed by atoms with Crippen LogP contribution in [0.25, 0.3) is 5.65 Å². The highest BCUT2D eigenvalue weighted by atomic mass is 32.2. The Kier molecular flexibility index (Phi) is 6.12. The Morgan fingerprint density at radius 1 is 1.38 bits per heavy atom. The molecule has 24 heavy (non-hydrogen) atoms. The molecule has 0 bridgehead atoms. The van der Waals surface area contributed by atoms with E-state index >= 15 is 0 Å². The molecule has 1 N–H and O–H groups in total. The fourth-order valence-electron chi connectivity index (χ4n) is 3.50. The zero-order valence-electron chi connectivity index (χ0n) is 14.3. The van der Waals surface area contributed by atoms with Gasteiger partial charge in [-0.05, 0) is 42.9 Å². The van der Waals surface area contributed by atoms with E-state index in [1.165, 1.54) is 25.7 Å². The summed E-state index contributed by atoms with van der Waals surface area (Å²) in [6.07, 6.45) is 11.8. The second-order valence-corrected chi connectivity index (χ2v) is 7.56. The lowest BCUT2D eigenvalue weighted by Crippen LogP contribution is -2.30. The molecule has 2 heterocycles. The van der Waals surface area contributed by atoms with Crippen LogP contribution in [0.1, 0.15) is 56.8 Å². The summed E-state index contributed by atoms with van der Waals surface area (Å²) in [7, 11) is 0. The number of amides is 1. The van der Waals surface area contributed by atoms with E-state index < -0.39 is 0 Å². The molecule has 1 unspecified atom stereocenters. The summed E-state index contributed by atoms with van der Waals surface area (Å²) in [6.45, 7) is 0. The quantitative estimate of drug-likeness (QED) is 0.793. The van der Waals surface area contributed by atoms with E-state index in [0.717, 1.165) is 36.0 Å². The van der Waals surface area contributed by atoms with Crippen LogP contribution in [0.15, 0.2) is 24.4 Å². The van der Waals surface area contributed by atoms with Gasteiger partial charge in [-0.2, -0.15) is 11.8 Å². The standard InChI is InChI=1S/C18H26N4OS/c1-24-13-11-15(18-21-20-16-8-4-5-12-22(16)18)19-17(23)10-9-14-6-2-3-7-14/h4-5,8,12,14-15H,2-3,6-7,9-11,13H2,1H3,(H,19,23). The summed E-state index contributed by atoms with van der Waals surface area (Å²) >= 11 is 1.78. The number of thioether (sulfide) groups is 1. The first-order valence-corrected chi connectivity index (χ1v) is 10.3. The third kappa shape index (κ3) is 4.29. The number of nitrogens with zero attached hydrogens (tertiary/aromatic N) is 3. The number of nitrogens with one attached hydrogen (secondary N) is 1. The second-order valence-electron chi connectivity index (χ2n) is 6.58. The van der Waals surface area contributed by atoms with Gasteiger partial charge in [0.1, 0.15) is 0 Å². The lowest BCUT2D eigenvalue weighted by atomic mass is 10.0. The van der Waals surface area contributed by atoms with E-state index in [2.05, 4.69) is 21.8 Å². The van der Waals surface area contributed by atoms with Gasteiger partial charge in [0, 0.05) is 12.6 Å². The number of carbonyl (C=O) groups excluding carboxylic acids is 1. The number of pyridine rings is 1. The lowest BCUT2D eigenvalue weighted by molar-refractivity contribution is -0.122. The van der Waals surface area contributed by atoms with E-state index in [4.69, 9.17) is 0 Å². The van der Waals surface area contributed by atoms with Crippen molar-refractivity contribution in [2.45, 2.75) is 51.0 Å². The summed E-state index contributed by atoms with van der Waals surface area (Å²) in [5.74, 6) is 2.69. The van der Waals surface area contributed by atoms with Crippen molar-refractivity contribution >= 4 is 23.3 Å². The van der Waals surface area contributed by atoms with E-state index in [1.54, 1.807) is 11.8 Å². The molecule has 3 rings (SSSR count). The van der Waals surface area contributed by atoms with Gasteiger partial charge in [-0.1, -0.05) is 31.7 Å². The van der Waals surface area contributed by atoms with Gasteiger partial charge in [0.2, 0.25) is 5.91 Å². The van der Waals surface area contributed by atoms with Crippen LogP contribution in [-0.4, -0.2) is 32.5 Å². The average molecular weight is 346 g/mol. The summed E-state index contributed by atoms with van der Waals surface area (Å²) in [4.78, 5) is 12.4. The molecule has 130 valence electrons. The fourth-order valence-corrected chi connectivity index (χ4v) is 3.97. The molecule has 1 aliphatic carbocycles. The highest BCUT2D eigenvalue weighted by molar-refractivity contribution is 7.98. The first kappa shape index (κ1) is 17.3. The van der Waals surface area contributed by atoms with Crippen molar-refractivity contribution in [2.75, 3.05) is 12.0 Å². The number of fused-ring (bicyclic) bond motifs is 1. The molecule has 0 aliphatic heterocycles. The fraction of sp³-hybridized carbons (Fsp3) is 0.611. The zero-order valence-corrected chi connectivity index (χ0v) is 15.1. The van der Waals surface area contributed by atoms with Gasteiger partial charge in [-0.15, -0.1) is 10.2 Å².